The number of likely N-dealkylation sites (N-methyl/N-ethyl adjacent to an activating group) is 1. The lowest BCUT2D eigenvalue weighted by Gasteiger charge is -2.33. The van der Waals surface area contributed by atoms with E-state index >= 15 is 0 Å². The first-order chi connectivity index (χ1) is 17.4. The van der Waals surface area contributed by atoms with Gasteiger partial charge in [-0.3, -0.25) is 4.90 Å². The Morgan fingerprint density at radius 2 is 1.69 bits per heavy atom. The standard InChI is InChI=1S/C27H35BN8/c1-5-34-8-10-35(11-9-34)17-20-14-30-27(31-15-20)33-26-13-22(23(28)16-29-26)21-6-7-24-25(12-21)36(18(2)3)19(4)32-24/h6-7,12-16,18H,5,8-11,17,28H2,1-4H3,(H,29,30,31,33). The van der Waals surface area contributed by atoms with Crippen LogP contribution in [0.1, 0.15) is 38.2 Å². The number of pyridine rings is 1. The molecule has 0 saturated carbocycles. The Labute approximate surface area is 214 Å². The highest BCUT2D eigenvalue weighted by Crippen LogP contribution is 2.27. The molecule has 3 aromatic heterocycles. The van der Waals surface area contributed by atoms with E-state index in [1.807, 2.05) is 18.6 Å². The van der Waals surface area contributed by atoms with Gasteiger partial charge in [0.25, 0.3) is 0 Å². The van der Waals surface area contributed by atoms with Gasteiger partial charge in [0, 0.05) is 62.9 Å². The number of anilines is 2. The lowest BCUT2D eigenvalue weighted by Crippen LogP contribution is -2.45. The van der Waals surface area contributed by atoms with Gasteiger partial charge < -0.3 is 14.8 Å². The number of hydrogen-bond acceptors (Lipinski definition) is 7. The van der Waals surface area contributed by atoms with Crippen LogP contribution in [0.5, 0.6) is 0 Å². The number of piperazine rings is 1. The summed E-state index contributed by atoms with van der Waals surface area (Å²) in [4.78, 5) is 23.4. The molecule has 0 bridgehead atoms. The fraction of sp³-hybridized carbons (Fsp3) is 0.407. The van der Waals surface area contributed by atoms with E-state index in [-0.39, 0.29) is 0 Å². The molecular weight excluding hydrogens is 447 g/mol. The van der Waals surface area contributed by atoms with Gasteiger partial charge in [-0.15, -0.1) is 0 Å². The maximum atomic E-state index is 4.73. The molecule has 4 aromatic rings. The van der Waals surface area contributed by atoms with Gasteiger partial charge in [0.1, 0.15) is 19.5 Å². The zero-order chi connectivity index (χ0) is 25.2. The molecule has 1 N–H and O–H groups in total. The molecule has 186 valence electrons. The molecule has 1 saturated heterocycles. The van der Waals surface area contributed by atoms with Gasteiger partial charge in [-0.25, -0.2) is 19.9 Å². The number of imidazole rings is 1. The first-order valence-corrected chi connectivity index (χ1v) is 12.9. The van der Waals surface area contributed by atoms with Crippen LogP contribution in [0, 0.1) is 6.92 Å². The van der Waals surface area contributed by atoms with Gasteiger partial charge in [0.2, 0.25) is 5.95 Å². The number of nitrogens with one attached hydrogen (secondary N) is 1. The predicted octanol–water partition coefficient (Wildman–Crippen LogP) is 2.92. The Morgan fingerprint density at radius 3 is 2.39 bits per heavy atom. The zero-order valence-electron chi connectivity index (χ0n) is 22.0. The Balaban J connectivity index is 1.32. The number of fused-ring (bicyclic) bond motifs is 1. The van der Waals surface area contributed by atoms with Crippen molar-refractivity contribution in [1.82, 2.24) is 34.3 Å². The maximum Gasteiger partial charge on any atom is 0.228 e. The zero-order valence-corrected chi connectivity index (χ0v) is 22.0. The third-order valence-electron chi connectivity index (χ3n) is 7.06. The number of aromatic nitrogens is 5. The summed E-state index contributed by atoms with van der Waals surface area (Å²) in [6, 6.07) is 8.89. The molecule has 1 aromatic carbocycles. The topological polar surface area (TPSA) is 75.0 Å². The SMILES string of the molecule is Bc1cnc(Nc2ncc(CN3CCN(CC)CC3)cn2)cc1-c1ccc2nc(C)n(C(C)C)c2c1. The van der Waals surface area contributed by atoms with Crippen molar-refractivity contribution in [2.45, 2.75) is 40.3 Å². The van der Waals surface area contributed by atoms with Crippen molar-refractivity contribution in [2.24, 2.45) is 0 Å². The number of benzene rings is 1. The molecule has 0 spiro atoms. The third-order valence-corrected chi connectivity index (χ3v) is 7.06. The second kappa shape index (κ2) is 10.4. The summed E-state index contributed by atoms with van der Waals surface area (Å²) in [6.07, 6.45) is 5.73. The Kier molecular flexibility index (Phi) is 7.02. The number of hydrogen-bond donors (Lipinski definition) is 1. The highest BCUT2D eigenvalue weighted by Gasteiger charge is 2.16. The second-order valence-corrected chi connectivity index (χ2v) is 9.96. The van der Waals surface area contributed by atoms with Crippen molar-refractivity contribution in [3.8, 4) is 11.1 Å². The number of rotatable bonds is 7. The van der Waals surface area contributed by atoms with Gasteiger partial charge >= 0.3 is 0 Å². The molecule has 0 amide bonds. The molecule has 0 radical (unpaired) electrons. The van der Waals surface area contributed by atoms with Crippen LogP contribution in [0.4, 0.5) is 11.8 Å². The van der Waals surface area contributed by atoms with Crippen LogP contribution in [0.15, 0.2) is 42.9 Å². The van der Waals surface area contributed by atoms with E-state index in [2.05, 4.69) is 94.4 Å². The van der Waals surface area contributed by atoms with Crippen LogP contribution in [0.25, 0.3) is 22.2 Å². The monoisotopic (exact) mass is 482 g/mol. The summed E-state index contributed by atoms with van der Waals surface area (Å²) in [5.41, 5.74) is 6.70. The van der Waals surface area contributed by atoms with Crippen molar-refractivity contribution in [3.05, 3.63) is 54.2 Å². The molecule has 0 unspecified atom stereocenters. The maximum absolute atomic E-state index is 4.73. The molecule has 9 heteroatoms. The van der Waals surface area contributed by atoms with E-state index < -0.39 is 0 Å². The van der Waals surface area contributed by atoms with Gasteiger partial charge in [-0.1, -0.05) is 18.5 Å². The van der Waals surface area contributed by atoms with Crippen LogP contribution >= 0.6 is 0 Å². The molecule has 0 atom stereocenters. The molecule has 0 aliphatic carbocycles. The summed E-state index contributed by atoms with van der Waals surface area (Å²) in [6.45, 7) is 15.1. The smallest absolute Gasteiger partial charge is 0.228 e. The average Bonchev–Trinajstić information content (AvgIpc) is 3.22. The molecule has 36 heavy (non-hydrogen) atoms. The van der Waals surface area contributed by atoms with Crippen molar-refractivity contribution in [2.75, 3.05) is 38.0 Å². The average molecular weight is 482 g/mol. The van der Waals surface area contributed by atoms with E-state index in [1.165, 1.54) is 0 Å². The largest absolute Gasteiger partial charge is 0.326 e. The number of aryl methyl sites for hydroxylation is 1. The molecule has 4 heterocycles. The van der Waals surface area contributed by atoms with E-state index in [0.717, 1.165) is 84.1 Å². The Morgan fingerprint density at radius 1 is 0.972 bits per heavy atom. The molecule has 1 fully saturated rings. The molecule has 5 rings (SSSR count). The molecule has 1 aliphatic heterocycles. The lowest BCUT2D eigenvalue weighted by molar-refractivity contribution is 0.132. The molecular formula is C27H35BN8. The van der Waals surface area contributed by atoms with Crippen molar-refractivity contribution < 1.29 is 0 Å². The van der Waals surface area contributed by atoms with Crippen LogP contribution in [-0.2, 0) is 6.54 Å². The summed E-state index contributed by atoms with van der Waals surface area (Å²) < 4.78 is 2.29. The quantitative estimate of drug-likeness (QED) is 0.406. The van der Waals surface area contributed by atoms with Crippen LogP contribution in [-0.4, -0.2) is 74.9 Å². The van der Waals surface area contributed by atoms with Crippen LogP contribution in [0.2, 0.25) is 0 Å². The summed E-state index contributed by atoms with van der Waals surface area (Å²) in [7, 11) is 2.09. The minimum atomic E-state index is 0.349. The highest BCUT2D eigenvalue weighted by molar-refractivity contribution is 6.35. The van der Waals surface area contributed by atoms with Crippen molar-refractivity contribution in [3.63, 3.8) is 0 Å². The summed E-state index contributed by atoms with van der Waals surface area (Å²) in [5, 5.41) is 3.29. The van der Waals surface area contributed by atoms with Gasteiger partial charge in [0.05, 0.1) is 11.0 Å². The summed E-state index contributed by atoms with van der Waals surface area (Å²) in [5.74, 6) is 2.32. The lowest BCUT2D eigenvalue weighted by atomic mass is 9.88. The van der Waals surface area contributed by atoms with E-state index in [1.54, 1.807) is 0 Å². The van der Waals surface area contributed by atoms with Crippen molar-refractivity contribution in [1.29, 1.82) is 0 Å². The minimum absolute atomic E-state index is 0.349. The van der Waals surface area contributed by atoms with E-state index in [9.17, 15) is 0 Å². The third kappa shape index (κ3) is 5.13. The molecule has 1 aliphatic rings. The highest BCUT2D eigenvalue weighted by atomic mass is 15.3. The Bertz CT molecular complexity index is 1340. The van der Waals surface area contributed by atoms with E-state index in [0.29, 0.717) is 12.0 Å². The first-order valence-electron chi connectivity index (χ1n) is 12.9. The van der Waals surface area contributed by atoms with Gasteiger partial charge in [0.15, 0.2) is 0 Å². The van der Waals surface area contributed by atoms with Crippen LogP contribution in [0.3, 0.4) is 0 Å². The first kappa shape index (κ1) is 24.4. The normalized spacial score (nSPS) is 15.1. The Hall–Kier alpha value is -3.30. The van der Waals surface area contributed by atoms with Gasteiger partial charge in [-0.05, 0) is 56.6 Å². The number of nitrogens with zero attached hydrogens (tertiary/aromatic N) is 7. The van der Waals surface area contributed by atoms with E-state index in [4.69, 9.17) is 4.98 Å². The molecule has 8 nitrogen and oxygen atoms in total. The second-order valence-electron chi connectivity index (χ2n) is 9.96. The van der Waals surface area contributed by atoms with Crippen LogP contribution < -0.4 is 10.8 Å². The van der Waals surface area contributed by atoms with Gasteiger partial charge in [-0.2, -0.15) is 0 Å². The summed E-state index contributed by atoms with van der Waals surface area (Å²) >= 11 is 0. The fourth-order valence-corrected chi connectivity index (χ4v) is 5.07. The van der Waals surface area contributed by atoms with Crippen molar-refractivity contribution >= 4 is 36.1 Å². The minimum Gasteiger partial charge on any atom is -0.326 e. The fourth-order valence-electron chi connectivity index (χ4n) is 5.07. The predicted molar refractivity (Wildman–Crippen MR) is 149 cm³/mol.